The van der Waals surface area contributed by atoms with Crippen molar-refractivity contribution in [3.8, 4) is 0 Å². The molecule has 1 amide bonds. The maximum Gasteiger partial charge on any atom is 0.237 e. The highest BCUT2D eigenvalue weighted by Crippen LogP contribution is 2.48. The van der Waals surface area contributed by atoms with Crippen LogP contribution in [0.2, 0.25) is 5.02 Å². The molecule has 0 aliphatic carbocycles. The van der Waals surface area contributed by atoms with Crippen LogP contribution in [0, 0.1) is 0 Å². The lowest BCUT2D eigenvalue weighted by Crippen LogP contribution is -2.50. The Kier molecular flexibility index (Phi) is 2.65. The fourth-order valence-corrected chi connectivity index (χ4v) is 3.57. The third-order valence-corrected chi connectivity index (χ3v) is 4.48. The number of halogens is 1. The molecule has 1 saturated heterocycles. The van der Waals surface area contributed by atoms with Gasteiger partial charge in [0.2, 0.25) is 5.91 Å². The molecule has 3 nitrogen and oxygen atoms in total. The second-order valence-electron chi connectivity index (χ2n) is 5.42. The molecule has 0 saturated carbocycles. The molecule has 1 aromatic rings. The van der Waals surface area contributed by atoms with Gasteiger partial charge < -0.3 is 10.2 Å². The summed E-state index contributed by atoms with van der Waals surface area (Å²) in [7, 11) is 1.86. The minimum Gasteiger partial charge on any atom is -0.314 e. The first kappa shape index (κ1) is 12.0. The predicted octanol–water partition coefficient (Wildman–Crippen LogP) is 2.33. The van der Waals surface area contributed by atoms with Gasteiger partial charge in [-0.05, 0) is 50.1 Å². The SMILES string of the molecule is C[C@H]1C[C@@]2(CCN1)C(=O)N(C)c1ccc(Cl)cc12. The van der Waals surface area contributed by atoms with Crippen LogP contribution in [0.3, 0.4) is 0 Å². The fourth-order valence-electron chi connectivity index (χ4n) is 3.40. The summed E-state index contributed by atoms with van der Waals surface area (Å²) in [6.45, 7) is 3.02. The predicted molar refractivity (Wildman–Crippen MR) is 73.2 cm³/mol. The first-order chi connectivity index (χ1) is 8.54. The van der Waals surface area contributed by atoms with Crippen molar-refractivity contribution in [1.29, 1.82) is 0 Å². The summed E-state index contributed by atoms with van der Waals surface area (Å²) >= 11 is 6.11. The fraction of sp³-hybridized carbons (Fsp3) is 0.500. The highest BCUT2D eigenvalue weighted by atomic mass is 35.5. The molecule has 3 rings (SSSR count). The number of hydrogen-bond donors (Lipinski definition) is 1. The Hall–Kier alpha value is -1.06. The average molecular weight is 265 g/mol. The van der Waals surface area contributed by atoms with Gasteiger partial charge in [-0.25, -0.2) is 0 Å². The number of carbonyl (C=O) groups is 1. The number of nitrogens with zero attached hydrogens (tertiary/aromatic N) is 1. The van der Waals surface area contributed by atoms with Crippen LogP contribution in [-0.4, -0.2) is 25.5 Å². The van der Waals surface area contributed by atoms with Crippen molar-refractivity contribution in [3.63, 3.8) is 0 Å². The largest absolute Gasteiger partial charge is 0.314 e. The topological polar surface area (TPSA) is 32.3 Å². The second-order valence-corrected chi connectivity index (χ2v) is 5.85. The van der Waals surface area contributed by atoms with Gasteiger partial charge in [-0.15, -0.1) is 0 Å². The van der Waals surface area contributed by atoms with Gasteiger partial charge >= 0.3 is 0 Å². The van der Waals surface area contributed by atoms with Crippen molar-refractivity contribution in [1.82, 2.24) is 5.32 Å². The van der Waals surface area contributed by atoms with E-state index in [2.05, 4.69) is 12.2 Å². The lowest BCUT2D eigenvalue weighted by molar-refractivity contribution is -0.124. The summed E-state index contributed by atoms with van der Waals surface area (Å²) < 4.78 is 0. The summed E-state index contributed by atoms with van der Waals surface area (Å²) in [6, 6.07) is 6.14. The number of benzene rings is 1. The van der Waals surface area contributed by atoms with Crippen molar-refractivity contribution < 1.29 is 4.79 Å². The molecule has 2 atom stereocenters. The normalized spacial score (nSPS) is 30.9. The van der Waals surface area contributed by atoms with Gasteiger partial charge in [-0.2, -0.15) is 0 Å². The van der Waals surface area contributed by atoms with Crippen molar-refractivity contribution in [2.45, 2.75) is 31.2 Å². The third kappa shape index (κ3) is 1.50. The van der Waals surface area contributed by atoms with E-state index < -0.39 is 0 Å². The summed E-state index contributed by atoms with van der Waals surface area (Å²) in [6.07, 6.45) is 1.71. The van der Waals surface area contributed by atoms with E-state index in [0.29, 0.717) is 11.1 Å². The molecule has 1 aromatic carbocycles. The monoisotopic (exact) mass is 264 g/mol. The van der Waals surface area contributed by atoms with Crippen LogP contribution in [0.25, 0.3) is 0 Å². The molecule has 0 aromatic heterocycles. The van der Waals surface area contributed by atoms with Crippen LogP contribution < -0.4 is 10.2 Å². The molecular formula is C14H17ClN2O. The highest BCUT2D eigenvalue weighted by Gasteiger charge is 2.51. The van der Waals surface area contributed by atoms with E-state index in [1.54, 1.807) is 4.90 Å². The van der Waals surface area contributed by atoms with E-state index in [9.17, 15) is 4.79 Å². The Morgan fingerprint density at radius 3 is 3.00 bits per heavy atom. The number of carbonyl (C=O) groups excluding carboxylic acids is 1. The maximum atomic E-state index is 12.7. The molecule has 96 valence electrons. The molecule has 0 radical (unpaired) electrons. The van der Waals surface area contributed by atoms with Crippen LogP contribution in [-0.2, 0) is 10.2 Å². The summed E-state index contributed by atoms with van der Waals surface area (Å²) in [4.78, 5) is 14.4. The van der Waals surface area contributed by atoms with Gasteiger partial charge in [0.05, 0.1) is 5.41 Å². The molecule has 1 spiro atoms. The number of likely N-dealkylation sites (N-methyl/N-ethyl adjacent to an activating group) is 1. The number of amides is 1. The molecule has 2 aliphatic rings. The van der Waals surface area contributed by atoms with Crippen LogP contribution in [0.5, 0.6) is 0 Å². The Labute approximate surface area is 112 Å². The van der Waals surface area contributed by atoms with Crippen molar-refractivity contribution in [3.05, 3.63) is 28.8 Å². The molecule has 1 fully saturated rings. The number of piperidine rings is 1. The number of rotatable bonds is 0. The molecule has 18 heavy (non-hydrogen) atoms. The zero-order valence-corrected chi connectivity index (χ0v) is 11.4. The zero-order chi connectivity index (χ0) is 12.9. The number of nitrogens with one attached hydrogen (secondary N) is 1. The second kappa shape index (κ2) is 3.97. The van der Waals surface area contributed by atoms with Crippen LogP contribution in [0.1, 0.15) is 25.3 Å². The van der Waals surface area contributed by atoms with Crippen LogP contribution in [0.4, 0.5) is 5.69 Å². The van der Waals surface area contributed by atoms with E-state index in [4.69, 9.17) is 11.6 Å². The van der Waals surface area contributed by atoms with Crippen LogP contribution in [0.15, 0.2) is 18.2 Å². The standard InChI is InChI=1S/C14H17ClN2O/c1-9-8-14(5-6-16-9)11-7-10(15)3-4-12(11)17(2)13(14)18/h3-4,7,9,16H,5-6,8H2,1-2H3/t9-,14+/m0/s1. The molecular weight excluding hydrogens is 248 g/mol. The molecule has 2 heterocycles. The van der Waals surface area contributed by atoms with E-state index in [-0.39, 0.29) is 11.3 Å². The zero-order valence-electron chi connectivity index (χ0n) is 10.7. The molecule has 0 unspecified atom stereocenters. The summed E-state index contributed by atoms with van der Waals surface area (Å²) in [5, 5.41) is 4.12. The number of anilines is 1. The van der Waals surface area contributed by atoms with Gasteiger partial charge in [0.15, 0.2) is 0 Å². The smallest absolute Gasteiger partial charge is 0.237 e. The number of fused-ring (bicyclic) bond motifs is 2. The lowest BCUT2D eigenvalue weighted by atomic mass is 9.72. The van der Waals surface area contributed by atoms with E-state index in [0.717, 1.165) is 30.6 Å². The molecule has 2 aliphatic heterocycles. The van der Waals surface area contributed by atoms with Crippen molar-refractivity contribution in [2.75, 3.05) is 18.5 Å². The van der Waals surface area contributed by atoms with Crippen molar-refractivity contribution in [2.24, 2.45) is 0 Å². The molecule has 0 bridgehead atoms. The molecule has 4 heteroatoms. The lowest BCUT2D eigenvalue weighted by Gasteiger charge is -2.36. The van der Waals surface area contributed by atoms with Gasteiger partial charge in [-0.3, -0.25) is 4.79 Å². The van der Waals surface area contributed by atoms with Crippen molar-refractivity contribution >= 4 is 23.2 Å². The average Bonchev–Trinajstić information content (AvgIpc) is 2.53. The number of hydrogen-bond acceptors (Lipinski definition) is 2. The highest BCUT2D eigenvalue weighted by molar-refractivity contribution is 6.31. The minimum atomic E-state index is -0.361. The Morgan fingerprint density at radius 2 is 2.28 bits per heavy atom. The minimum absolute atomic E-state index is 0.216. The van der Waals surface area contributed by atoms with E-state index in [1.165, 1.54) is 0 Å². The molecule has 1 N–H and O–H groups in total. The van der Waals surface area contributed by atoms with E-state index >= 15 is 0 Å². The Morgan fingerprint density at radius 1 is 1.50 bits per heavy atom. The Bertz CT molecular complexity index is 517. The quantitative estimate of drug-likeness (QED) is 0.780. The van der Waals surface area contributed by atoms with Crippen LogP contribution >= 0.6 is 11.6 Å². The van der Waals surface area contributed by atoms with Gasteiger partial charge in [0.25, 0.3) is 0 Å². The first-order valence-corrected chi connectivity index (χ1v) is 6.74. The van der Waals surface area contributed by atoms with E-state index in [1.807, 2.05) is 25.2 Å². The van der Waals surface area contributed by atoms with Gasteiger partial charge in [0, 0.05) is 23.8 Å². The summed E-state index contributed by atoms with van der Waals surface area (Å²) in [5.74, 6) is 0.216. The van der Waals surface area contributed by atoms with Gasteiger partial charge in [0.1, 0.15) is 0 Å². The Balaban J connectivity index is 2.16. The summed E-state index contributed by atoms with van der Waals surface area (Å²) in [5.41, 5.74) is 1.76. The van der Waals surface area contributed by atoms with Gasteiger partial charge in [-0.1, -0.05) is 11.6 Å². The first-order valence-electron chi connectivity index (χ1n) is 6.36. The third-order valence-electron chi connectivity index (χ3n) is 4.25. The maximum absolute atomic E-state index is 12.7.